The molecule has 2 aromatic carbocycles. The predicted octanol–water partition coefficient (Wildman–Crippen LogP) is 2.97. The van der Waals surface area contributed by atoms with Gasteiger partial charge in [-0.25, -0.2) is 0 Å². The quantitative estimate of drug-likeness (QED) is 0.856. The van der Waals surface area contributed by atoms with Crippen molar-refractivity contribution in [3.05, 3.63) is 42.0 Å². The molecule has 0 amide bonds. The summed E-state index contributed by atoms with van der Waals surface area (Å²) in [6, 6.07) is 10.9. The molecule has 3 rings (SSSR count). The van der Waals surface area contributed by atoms with E-state index in [4.69, 9.17) is 4.74 Å². The topological polar surface area (TPSA) is 58.6 Å². The Balaban J connectivity index is 2.06. The zero-order chi connectivity index (χ0) is 14.8. The van der Waals surface area contributed by atoms with Crippen LogP contribution in [-0.2, 0) is 4.79 Å². The van der Waals surface area contributed by atoms with Crippen LogP contribution < -0.4 is 10.1 Å². The summed E-state index contributed by atoms with van der Waals surface area (Å²) >= 11 is 0. The van der Waals surface area contributed by atoms with Crippen molar-refractivity contribution in [1.29, 1.82) is 0 Å². The third kappa shape index (κ3) is 2.85. The van der Waals surface area contributed by atoms with Crippen LogP contribution in [0.4, 0.5) is 0 Å². The van der Waals surface area contributed by atoms with Gasteiger partial charge in [0.05, 0.1) is 7.11 Å². The molecule has 0 saturated heterocycles. The van der Waals surface area contributed by atoms with Gasteiger partial charge in [0.25, 0.3) is 0 Å². The first-order chi connectivity index (χ1) is 10.2. The van der Waals surface area contributed by atoms with E-state index < -0.39 is 12.0 Å². The lowest BCUT2D eigenvalue weighted by Crippen LogP contribution is -2.30. The van der Waals surface area contributed by atoms with Crippen molar-refractivity contribution in [3.63, 3.8) is 0 Å². The van der Waals surface area contributed by atoms with Gasteiger partial charge in [-0.3, -0.25) is 4.79 Å². The van der Waals surface area contributed by atoms with Crippen molar-refractivity contribution >= 4 is 16.7 Å². The summed E-state index contributed by atoms with van der Waals surface area (Å²) in [5, 5.41) is 14.8. The summed E-state index contributed by atoms with van der Waals surface area (Å²) in [6.07, 6.45) is 2.37. The summed E-state index contributed by atoms with van der Waals surface area (Å²) in [5.74, 6) is 0.363. The number of carboxylic acids is 1. The fourth-order valence-corrected chi connectivity index (χ4v) is 2.67. The van der Waals surface area contributed by atoms with Crippen molar-refractivity contribution in [2.75, 3.05) is 13.7 Å². The van der Waals surface area contributed by atoms with Crippen LogP contribution in [0.1, 0.15) is 24.4 Å². The van der Waals surface area contributed by atoms with E-state index in [-0.39, 0.29) is 0 Å². The molecule has 4 nitrogen and oxygen atoms in total. The normalized spacial score (nSPS) is 15.9. The largest absolute Gasteiger partial charge is 0.496 e. The first-order valence-corrected chi connectivity index (χ1v) is 7.22. The zero-order valence-electron chi connectivity index (χ0n) is 12.0. The van der Waals surface area contributed by atoms with Crippen molar-refractivity contribution < 1.29 is 14.6 Å². The Morgan fingerprint density at radius 2 is 2.10 bits per heavy atom. The third-order valence-electron chi connectivity index (χ3n) is 3.99. The Morgan fingerprint density at radius 3 is 2.76 bits per heavy atom. The average molecular weight is 285 g/mol. The van der Waals surface area contributed by atoms with E-state index in [0.717, 1.165) is 17.3 Å². The summed E-state index contributed by atoms with van der Waals surface area (Å²) in [7, 11) is 1.58. The van der Waals surface area contributed by atoms with E-state index >= 15 is 0 Å². The Morgan fingerprint density at radius 1 is 1.33 bits per heavy atom. The molecule has 0 heterocycles. The van der Waals surface area contributed by atoms with Gasteiger partial charge in [-0.15, -0.1) is 0 Å². The fourth-order valence-electron chi connectivity index (χ4n) is 2.67. The highest BCUT2D eigenvalue weighted by molar-refractivity contribution is 5.92. The van der Waals surface area contributed by atoms with Gasteiger partial charge in [0.15, 0.2) is 0 Å². The second kappa shape index (κ2) is 5.74. The number of carboxylic acid groups (broad SMARTS) is 1. The van der Waals surface area contributed by atoms with Crippen LogP contribution in [0.15, 0.2) is 36.4 Å². The van der Waals surface area contributed by atoms with Crippen molar-refractivity contribution in [2.45, 2.75) is 18.9 Å². The second-order valence-electron chi connectivity index (χ2n) is 5.53. The van der Waals surface area contributed by atoms with Gasteiger partial charge in [0, 0.05) is 5.56 Å². The summed E-state index contributed by atoms with van der Waals surface area (Å²) < 4.78 is 5.40. The molecule has 4 heteroatoms. The number of nitrogens with one attached hydrogen (secondary N) is 1. The van der Waals surface area contributed by atoms with Gasteiger partial charge >= 0.3 is 5.97 Å². The number of hydrogen-bond donors (Lipinski definition) is 2. The number of hydrogen-bond acceptors (Lipinski definition) is 3. The molecule has 1 fully saturated rings. The Labute approximate surface area is 123 Å². The lowest BCUT2D eigenvalue weighted by atomic mass is 9.97. The van der Waals surface area contributed by atoms with Crippen LogP contribution in [0.3, 0.4) is 0 Å². The average Bonchev–Trinajstić information content (AvgIpc) is 3.31. The van der Waals surface area contributed by atoms with Crippen molar-refractivity contribution in [3.8, 4) is 5.75 Å². The summed E-state index contributed by atoms with van der Waals surface area (Å²) in [4.78, 5) is 11.7. The highest BCUT2D eigenvalue weighted by atomic mass is 16.5. The van der Waals surface area contributed by atoms with Crippen molar-refractivity contribution in [1.82, 2.24) is 5.32 Å². The maximum Gasteiger partial charge on any atom is 0.325 e. The molecule has 0 aromatic heterocycles. The van der Waals surface area contributed by atoms with Gasteiger partial charge < -0.3 is 15.2 Å². The van der Waals surface area contributed by atoms with E-state index in [9.17, 15) is 9.90 Å². The molecule has 1 aliphatic rings. The minimum absolute atomic E-state index is 0.615. The lowest BCUT2D eigenvalue weighted by Gasteiger charge is -2.20. The second-order valence-corrected chi connectivity index (χ2v) is 5.53. The molecule has 0 spiro atoms. The Hall–Kier alpha value is -2.07. The van der Waals surface area contributed by atoms with Gasteiger partial charge in [-0.2, -0.15) is 0 Å². The first kappa shape index (κ1) is 13.9. The number of ether oxygens (including phenoxy) is 1. The Bertz CT molecular complexity index is 664. The van der Waals surface area contributed by atoms with Crippen LogP contribution in [-0.4, -0.2) is 24.7 Å². The molecule has 1 aliphatic carbocycles. The molecule has 1 atom stereocenters. The van der Waals surface area contributed by atoms with Crippen molar-refractivity contribution in [2.24, 2.45) is 5.92 Å². The van der Waals surface area contributed by atoms with Gasteiger partial charge in [0.1, 0.15) is 11.8 Å². The van der Waals surface area contributed by atoms with E-state index in [2.05, 4.69) is 5.32 Å². The van der Waals surface area contributed by atoms with Gasteiger partial charge in [0.2, 0.25) is 0 Å². The molecule has 0 radical (unpaired) electrons. The first-order valence-electron chi connectivity index (χ1n) is 7.22. The standard InChI is InChI=1S/C17H19NO3/c1-21-14-9-8-12-4-2-3-5-13(12)15(14)16(17(19)20)18-10-11-6-7-11/h2-5,8-9,11,16,18H,6-7,10H2,1H3,(H,19,20). The molecular formula is C17H19NO3. The van der Waals surface area contributed by atoms with Gasteiger partial charge in [-0.05, 0) is 42.1 Å². The molecular weight excluding hydrogens is 266 g/mol. The fraction of sp³-hybridized carbons (Fsp3) is 0.353. The van der Waals surface area contributed by atoms with Crippen LogP contribution in [0.5, 0.6) is 5.75 Å². The summed E-state index contributed by atoms with van der Waals surface area (Å²) in [5.41, 5.74) is 0.712. The van der Waals surface area contributed by atoms with E-state index in [1.807, 2.05) is 36.4 Å². The molecule has 110 valence electrons. The van der Waals surface area contributed by atoms with E-state index in [0.29, 0.717) is 17.2 Å². The van der Waals surface area contributed by atoms with Gasteiger partial charge in [-0.1, -0.05) is 30.3 Å². The van der Waals surface area contributed by atoms with E-state index in [1.54, 1.807) is 7.11 Å². The monoisotopic (exact) mass is 285 g/mol. The maximum atomic E-state index is 11.7. The number of fused-ring (bicyclic) bond motifs is 1. The molecule has 1 saturated carbocycles. The molecule has 2 aromatic rings. The van der Waals surface area contributed by atoms with Crippen LogP contribution >= 0.6 is 0 Å². The maximum absolute atomic E-state index is 11.7. The van der Waals surface area contributed by atoms with Crippen LogP contribution in [0, 0.1) is 5.92 Å². The summed E-state index contributed by atoms with van der Waals surface area (Å²) in [6.45, 7) is 0.739. The number of methoxy groups -OCH3 is 1. The van der Waals surface area contributed by atoms with Crippen LogP contribution in [0.2, 0.25) is 0 Å². The predicted molar refractivity (Wildman–Crippen MR) is 81.6 cm³/mol. The molecule has 1 unspecified atom stereocenters. The Kier molecular flexibility index (Phi) is 3.80. The minimum atomic E-state index is -0.870. The lowest BCUT2D eigenvalue weighted by molar-refractivity contribution is -0.139. The number of carbonyl (C=O) groups is 1. The highest BCUT2D eigenvalue weighted by Gasteiger charge is 2.28. The molecule has 0 aliphatic heterocycles. The smallest absolute Gasteiger partial charge is 0.325 e. The third-order valence-corrected chi connectivity index (χ3v) is 3.99. The molecule has 2 N–H and O–H groups in total. The van der Waals surface area contributed by atoms with Crippen LogP contribution in [0.25, 0.3) is 10.8 Å². The number of rotatable bonds is 6. The molecule has 0 bridgehead atoms. The highest BCUT2D eigenvalue weighted by Crippen LogP contribution is 2.34. The number of benzene rings is 2. The molecule has 21 heavy (non-hydrogen) atoms. The SMILES string of the molecule is COc1ccc2ccccc2c1C(NCC1CC1)C(=O)O. The van der Waals surface area contributed by atoms with E-state index in [1.165, 1.54) is 12.8 Å². The zero-order valence-corrected chi connectivity index (χ0v) is 12.0. The minimum Gasteiger partial charge on any atom is -0.496 e. The number of aliphatic carboxylic acids is 1.